The van der Waals surface area contributed by atoms with Gasteiger partial charge in [0.25, 0.3) is 0 Å². The molecule has 0 bridgehead atoms. The number of aromatic nitrogens is 1. The molecule has 0 radical (unpaired) electrons. The van der Waals surface area contributed by atoms with Crippen LogP contribution in [0.4, 0.5) is 5.88 Å². The highest BCUT2D eigenvalue weighted by atomic mass is 16.5. The third-order valence-electron chi connectivity index (χ3n) is 3.25. The second-order valence-corrected chi connectivity index (χ2v) is 5.56. The van der Waals surface area contributed by atoms with Crippen LogP contribution in [0.2, 0.25) is 0 Å². The summed E-state index contributed by atoms with van der Waals surface area (Å²) in [6, 6.07) is 8.57. The SMILES string of the molecule is Cc1cccc(CCc2noc(N)c2CC(C)C)c1. The van der Waals surface area contributed by atoms with Crippen molar-refractivity contribution in [1.82, 2.24) is 5.16 Å². The second kappa shape index (κ2) is 5.91. The number of nitrogen functional groups attached to an aromatic ring is 1. The Labute approximate surface area is 114 Å². The normalized spacial score (nSPS) is 11.2. The monoisotopic (exact) mass is 258 g/mol. The average Bonchev–Trinajstić information content (AvgIpc) is 2.68. The number of aryl methyl sites for hydroxylation is 3. The Morgan fingerprint density at radius 1 is 1.26 bits per heavy atom. The van der Waals surface area contributed by atoms with Crippen LogP contribution >= 0.6 is 0 Å². The van der Waals surface area contributed by atoms with Gasteiger partial charge in [0.05, 0.1) is 5.69 Å². The van der Waals surface area contributed by atoms with E-state index in [4.69, 9.17) is 10.3 Å². The van der Waals surface area contributed by atoms with Gasteiger partial charge in [-0.15, -0.1) is 0 Å². The third-order valence-corrected chi connectivity index (χ3v) is 3.25. The molecule has 102 valence electrons. The first-order valence-electron chi connectivity index (χ1n) is 6.84. The van der Waals surface area contributed by atoms with E-state index >= 15 is 0 Å². The van der Waals surface area contributed by atoms with Crippen LogP contribution in [0, 0.1) is 12.8 Å². The summed E-state index contributed by atoms with van der Waals surface area (Å²) >= 11 is 0. The zero-order valence-electron chi connectivity index (χ0n) is 11.9. The molecule has 0 aliphatic heterocycles. The van der Waals surface area contributed by atoms with Crippen LogP contribution in [0.15, 0.2) is 28.8 Å². The van der Waals surface area contributed by atoms with Gasteiger partial charge in [0.2, 0.25) is 5.88 Å². The quantitative estimate of drug-likeness (QED) is 0.892. The first kappa shape index (κ1) is 13.7. The Kier molecular flexibility index (Phi) is 4.25. The minimum atomic E-state index is 0.480. The maximum atomic E-state index is 5.85. The van der Waals surface area contributed by atoms with Gasteiger partial charge in [-0.25, -0.2) is 0 Å². The lowest BCUT2D eigenvalue weighted by Gasteiger charge is -2.05. The Balaban J connectivity index is 2.07. The number of rotatable bonds is 5. The molecule has 2 rings (SSSR count). The highest BCUT2D eigenvalue weighted by Gasteiger charge is 2.14. The van der Waals surface area contributed by atoms with Gasteiger partial charge < -0.3 is 10.3 Å². The van der Waals surface area contributed by atoms with E-state index in [-0.39, 0.29) is 0 Å². The number of hydrogen-bond donors (Lipinski definition) is 1. The van der Waals surface area contributed by atoms with E-state index in [2.05, 4.69) is 50.2 Å². The lowest BCUT2D eigenvalue weighted by molar-refractivity contribution is 0.427. The summed E-state index contributed by atoms with van der Waals surface area (Å²) in [5, 5.41) is 4.11. The predicted octanol–water partition coefficient (Wildman–Crippen LogP) is 3.55. The van der Waals surface area contributed by atoms with Gasteiger partial charge in [-0.1, -0.05) is 48.8 Å². The summed E-state index contributed by atoms with van der Waals surface area (Å²) in [6.07, 6.45) is 2.78. The molecule has 0 aliphatic carbocycles. The smallest absolute Gasteiger partial charge is 0.225 e. The van der Waals surface area contributed by atoms with Gasteiger partial charge in [-0.05, 0) is 37.7 Å². The molecule has 3 heteroatoms. The molecule has 3 nitrogen and oxygen atoms in total. The minimum Gasteiger partial charge on any atom is -0.367 e. The highest BCUT2D eigenvalue weighted by molar-refractivity contribution is 5.39. The number of anilines is 1. The van der Waals surface area contributed by atoms with Gasteiger partial charge in [0.1, 0.15) is 0 Å². The molecular formula is C16H22N2O. The predicted molar refractivity (Wildman–Crippen MR) is 78.0 cm³/mol. The molecule has 1 aromatic carbocycles. The van der Waals surface area contributed by atoms with Gasteiger partial charge in [-0.2, -0.15) is 0 Å². The molecule has 0 spiro atoms. The molecule has 2 N–H and O–H groups in total. The van der Waals surface area contributed by atoms with Crippen LogP contribution in [0.25, 0.3) is 0 Å². The van der Waals surface area contributed by atoms with Crippen molar-refractivity contribution in [3.8, 4) is 0 Å². The van der Waals surface area contributed by atoms with Crippen molar-refractivity contribution in [3.05, 3.63) is 46.6 Å². The fourth-order valence-corrected chi connectivity index (χ4v) is 2.31. The van der Waals surface area contributed by atoms with Crippen LogP contribution in [-0.4, -0.2) is 5.16 Å². The molecule has 2 aromatic rings. The van der Waals surface area contributed by atoms with E-state index in [1.807, 2.05) is 0 Å². The van der Waals surface area contributed by atoms with Crippen molar-refractivity contribution in [2.45, 2.75) is 40.0 Å². The average molecular weight is 258 g/mol. The number of nitrogens with zero attached hydrogens (tertiary/aromatic N) is 1. The standard InChI is InChI=1S/C16H22N2O/c1-11(2)9-14-15(18-19-16(14)17)8-7-13-6-4-5-12(3)10-13/h4-6,10-11H,7-9,17H2,1-3H3. The molecule has 0 unspecified atom stereocenters. The number of hydrogen-bond acceptors (Lipinski definition) is 3. The Morgan fingerprint density at radius 2 is 2.05 bits per heavy atom. The summed E-state index contributed by atoms with van der Waals surface area (Å²) in [7, 11) is 0. The summed E-state index contributed by atoms with van der Waals surface area (Å²) in [5.41, 5.74) is 10.6. The summed E-state index contributed by atoms with van der Waals surface area (Å²) in [4.78, 5) is 0. The fraction of sp³-hybridized carbons (Fsp3) is 0.438. The minimum absolute atomic E-state index is 0.480. The van der Waals surface area contributed by atoms with E-state index in [9.17, 15) is 0 Å². The maximum Gasteiger partial charge on any atom is 0.225 e. The third kappa shape index (κ3) is 3.60. The summed E-state index contributed by atoms with van der Waals surface area (Å²) in [6.45, 7) is 6.47. The van der Waals surface area contributed by atoms with Crippen LogP contribution in [0.5, 0.6) is 0 Å². The topological polar surface area (TPSA) is 52.0 Å². The van der Waals surface area contributed by atoms with Gasteiger partial charge in [-0.3, -0.25) is 0 Å². The van der Waals surface area contributed by atoms with Gasteiger partial charge >= 0.3 is 0 Å². The Hall–Kier alpha value is -1.77. The van der Waals surface area contributed by atoms with E-state index in [0.717, 1.165) is 30.5 Å². The first-order chi connectivity index (χ1) is 9.06. The van der Waals surface area contributed by atoms with Crippen LogP contribution < -0.4 is 5.73 Å². The zero-order chi connectivity index (χ0) is 13.8. The molecule has 0 saturated carbocycles. The van der Waals surface area contributed by atoms with E-state index < -0.39 is 0 Å². The van der Waals surface area contributed by atoms with Crippen molar-refractivity contribution < 1.29 is 4.52 Å². The largest absolute Gasteiger partial charge is 0.367 e. The van der Waals surface area contributed by atoms with Gasteiger partial charge in [0, 0.05) is 5.56 Å². The van der Waals surface area contributed by atoms with Crippen LogP contribution in [0.1, 0.15) is 36.2 Å². The molecule has 0 aliphatic rings. The zero-order valence-corrected chi connectivity index (χ0v) is 11.9. The van der Waals surface area contributed by atoms with E-state index in [0.29, 0.717) is 11.8 Å². The van der Waals surface area contributed by atoms with Crippen LogP contribution in [0.3, 0.4) is 0 Å². The maximum absolute atomic E-state index is 5.85. The van der Waals surface area contributed by atoms with Crippen LogP contribution in [-0.2, 0) is 19.3 Å². The molecule has 1 heterocycles. The molecule has 0 saturated heterocycles. The molecule has 0 amide bonds. The lowest BCUT2D eigenvalue weighted by atomic mass is 9.99. The first-order valence-corrected chi connectivity index (χ1v) is 6.84. The van der Waals surface area contributed by atoms with E-state index in [1.54, 1.807) is 0 Å². The Bertz CT molecular complexity index is 543. The van der Waals surface area contributed by atoms with Crippen molar-refractivity contribution in [1.29, 1.82) is 0 Å². The van der Waals surface area contributed by atoms with Gasteiger partial charge in [0.15, 0.2) is 0 Å². The van der Waals surface area contributed by atoms with Crippen molar-refractivity contribution in [2.24, 2.45) is 5.92 Å². The van der Waals surface area contributed by atoms with Crippen molar-refractivity contribution in [3.63, 3.8) is 0 Å². The van der Waals surface area contributed by atoms with Crippen molar-refractivity contribution >= 4 is 5.88 Å². The molecule has 19 heavy (non-hydrogen) atoms. The fourth-order valence-electron chi connectivity index (χ4n) is 2.31. The Morgan fingerprint density at radius 3 is 2.74 bits per heavy atom. The number of benzene rings is 1. The summed E-state index contributed by atoms with van der Waals surface area (Å²) in [5.74, 6) is 1.03. The highest BCUT2D eigenvalue weighted by Crippen LogP contribution is 2.22. The second-order valence-electron chi connectivity index (χ2n) is 5.56. The molecule has 1 aromatic heterocycles. The lowest BCUT2D eigenvalue weighted by Crippen LogP contribution is -2.02. The molecular weight excluding hydrogens is 236 g/mol. The van der Waals surface area contributed by atoms with E-state index in [1.165, 1.54) is 11.1 Å². The molecule has 0 atom stereocenters. The van der Waals surface area contributed by atoms with Crippen molar-refractivity contribution in [2.75, 3.05) is 5.73 Å². The summed E-state index contributed by atoms with van der Waals surface area (Å²) < 4.78 is 5.14. The number of nitrogens with two attached hydrogens (primary N) is 1. The molecule has 0 fully saturated rings.